The second-order valence-electron chi connectivity index (χ2n) is 9.44. The number of ether oxygens (including phenoxy) is 2. The fourth-order valence-corrected chi connectivity index (χ4v) is 5.00. The summed E-state index contributed by atoms with van der Waals surface area (Å²) in [5, 5.41) is 9.23. The number of nitrogens with zero attached hydrogens (tertiary/aromatic N) is 3. The average Bonchev–Trinajstić information content (AvgIpc) is 3.37. The van der Waals surface area contributed by atoms with Crippen LogP contribution in [0.3, 0.4) is 0 Å². The molecule has 5 rings (SSSR count). The maximum atomic E-state index is 16.4. The topological polar surface area (TPSA) is 93.9 Å². The highest BCUT2D eigenvalue weighted by molar-refractivity contribution is 5.95. The Bertz CT molecular complexity index is 1670. The van der Waals surface area contributed by atoms with Crippen molar-refractivity contribution in [2.75, 3.05) is 24.7 Å². The molecule has 4 aromatic rings. The largest absolute Gasteiger partial charge is 0.508 e. The highest BCUT2D eigenvalue weighted by Crippen LogP contribution is 2.36. The summed E-state index contributed by atoms with van der Waals surface area (Å²) >= 11 is 0. The van der Waals surface area contributed by atoms with E-state index in [1.54, 1.807) is 12.3 Å². The molecule has 0 aliphatic carbocycles. The Balaban J connectivity index is 1.67. The predicted molar refractivity (Wildman–Crippen MR) is 142 cm³/mol. The molecule has 3 heterocycles. The van der Waals surface area contributed by atoms with E-state index in [2.05, 4.69) is 4.98 Å². The van der Waals surface area contributed by atoms with Gasteiger partial charge in [-0.3, -0.25) is 4.79 Å². The highest BCUT2D eigenvalue weighted by Gasteiger charge is 2.33. The maximum Gasteiger partial charge on any atom is 0.343 e. The molecule has 0 radical (unpaired) electrons. The number of anilines is 1. The molecule has 1 aliphatic rings. The van der Waals surface area contributed by atoms with Crippen LogP contribution in [-0.2, 0) is 4.74 Å². The van der Waals surface area contributed by atoms with Crippen molar-refractivity contribution in [1.29, 1.82) is 0 Å². The number of esters is 1. The Labute approximate surface area is 227 Å². The summed E-state index contributed by atoms with van der Waals surface area (Å²) in [6, 6.07) is 7.19. The molecule has 0 saturated carbocycles. The Morgan fingerprint density at radius 1 is 1.18 bits per heavy atom. The van der Waals surface area contributed by atoms with Crippen molar-refractivity contribution in [3.8, 4) is 17.3 Å². The Morgan fingerprint density at radius 3 is 2.70 bits per heavy atom. The molecule has 208 valence electrons. The minimum atomic E-state index is -1.10. The average molecular weight is 554 g/mol. The van der Waals surface area contributed by atoms with Gasteiger partial charge in [0.15, 0.2) is 11.6 Å². The van der Waals surface area contributed by atoms with Crippen molar-refractivity contribution in [2.24, 2.45) is 0 Å². The highest BCUT2D eigenvalue weighted by atomic mass is 19.1. The van der Waals surface area contributed by atoms with E-state index in [1.165, 1.54) is 17.9 Å². The molecule has 2 aromatic carbocycles. The minimum Gasteiger partial charge on any atom is -0.508 e. The van der Waals surface area contributed by atoms with Crippen LogP contribution in [0.25, 0.3) is 16.6 Å². The van der Waals surface area contributed by atoms with E-state index in [1.807, 2.05) is 13.0 Å². The third-order valence-electron chi connectivity index (χ3n) is 6.88. The lowest BCUT2D eigenvalue weighted by Crippen LogP contribution is -2.36. The van der Waals surface area contributed by atoms with Crippen LogP contribution < -0.4 is 15.1 Å². The van der Waals surface area contributed by atoms with Crippen molar-refractivity contribution >= 4 is 22.6 Å². The summed E-state index contributed by atoms with van der Waals surface area (Å²) in [7, 11) is 0. The van der Waals surface area contributed by atoms with Gasteiger partial charge >= 0.3 is 5.97 Å². The number of aromatic nitrogens is 2. The quantitative estimate of drug-likeness (QED) is 0.321. The van der Waals surface area contributed by atoms with Crippen LogP contribution in [0.2, 0.25) is 0 Å². The summed E-state index contributed by atoms with van der Waals surface area (Å²) < 4.78 is 58.9. The zero-order valence-corrected chi connectivity index (χ0v) is 21.8. The number of pyridine rings is 2. The van der Waals surface area contributed by atoms with Crippen LogP contribution in [0, 0.1) is 24.4 Å². The minimum absolute atomic E-state index is 0.0536. The molecule has 1 aliphatic heterocycles. The van der Waals surface area contributed by atoms with Crippen molar-refractivity contribution in [2.45, 2.75) is 32.7 Å². The number of fused-ring (bicyclic) bond motifs is 1. The SMILES string of the molecule is CCOC(=O)c1cn(-c2ccc(O)cc2F)c2c(F)c(N3CCCC3COc3ncccc3C)c(F)cc2c1=O. The summed E-state index contributed by atoms with van der Waals surface area (Å²) in [4.78, 5) is 31.5. The molecular weight excluding hydrogens is 527 g/mol. The number of aromatic hydroxyl groups is 1. The number of phenolic OH excluding ortho intramolecular Hbond substituents is 1. The third kappa shape index (κ3) is 4.83. The van der Waals surface area contributed by atoms with Gasteiger partial charge in [0.05, 0.1) is 29.2 Å². The van der Waals surface area contributed by atoms with E-state index in [-0.39, 0.29) is 24.7 Å². The first-order valence-electron chi connectivity index (χ1n) is 12.8. The normalized spacial score (nSPS) is 15.0. The lowest BCUT2D eigenvalue weighted by molar-refractivity contribution is 0.0524. The van der Waals surface area contributed by atoms with Crippen molar-refractivity contribution in [3.05, 3.63) is 87.6 Å². The van der Waals surface area contributed by atoms with Gasteiger partial charge in [-0.25, -0.2) is 22.9 Å². The van der Waals surface area contributed by atoms with E-state index >= 15 is 13.2 Å². The number of carbonyl (C=O) groups excluding carboxylic acids is 1. The second-order valence-corrected chi connectivity index (χ2v) is 9.44. The van der Waals surface area contributed by atoms with E-state index in [9.17, 15) is 14.7 Å². The lowest BCUT2D eigenvalue weighted by atomic mass is 10.1. The van der Waals surface area contributed by atoms with Gasteiger partial charge in [-0.2, -0.15) is 0 Å². The number of halogens is 3. The van der Waals surface area contributed by atoms with Gasteiger partial charge in [0.25, 0.3) is 0 Å². The number of hydrogen-bond donors (Lipinski definition) is 1. The standard InChI is InChI=1S/C29H26F3N3O5/c1-3-39-29(38)20-14-35(23-9-8-18(36)12-21(23)30)25-19(27(20)37)13-22(31)26(24(25)32)34-11-5-7-17(34)15-40-28-16(2)6-4-10-33-28/h4,6,8-10,12-14,17,36H,3,5,7,11,15H2,1-2H3. The van der Waals surface area contributed by atoms with E-state index in [0.717, 1.165) is 34.5 Å². The van der Waals surface area contributed by atoms with Gasteiger partial charge in [0, 0.05) is 30.6 Å². The third-order valence-corrected chi connectivity index (χ3v) is 6.88. The molecule has 40 heavy (non-hydrogen) atoms. The van der Waals surface area contributed by atoms with Gasteiger partial charge in [-0.15, -0.1) is 0 Å². The molecule has 0 spiro atoms. The molecular formula is C29H26F3N3O5. The van der Waals surface area contributed by atoms with Crippen molar-refractivity contribution in [3.63, 3.8) is 0 Å². The smallest absolute Gasteiger partial charge is 0.343 e. The number of carbonyl (C=O) groups is 1. The summed E-state index contributed by atoms with van der Waals surface area (Å²) in [5.41, 5.74) is -1.75. The van der Waals surface area contributed by atoms with Crippen molar-refractivity contribution in [1.82, 2.24) is 9.55 Å². The van der Waals surface area contributed by atoms with Gasteiger partial charge in [-0.05, 0) is 51.0 Å². The first-order chi connectivity index (χ1) is 19.2. The number of benzene rings is 2. The number of rotatable bonds is 7. The molecule has 8 nitrogen and oxygen atoms in total. The Kier molecular flexibility index (Phi) is 7.38. The van der Waals surface area contributed by atoms with Gasteiger partial charge in [0.1, 0.15) is 29.4 Å². The van der Waals surface area contributed by atoms with Crippen LogP contribution in [0.5, 0.6) is 11.6 Å². The zero-order valence-electron chi connectivity index (χ0n) is 21.8. The summed E-state index contributed by atoms with van der Waals surface area (Å²) in [5.74, 6) is -4.06. The molecule has 2 aromatic heterocycles. The lowest BCUT2D eigenvalue weighted by Gasteiger charge is -2.28. The number of aryl methyl sites for hydroxylation is 1. The molecule has 0 bridgehead atoms. The van der Waals surface area contributed by atoms with Gasteiger partial charge in [0.2, 0.25) is 11.3 Å². The fraction of sp³-hybridized carbons (Fsp3) is 0.276. The molecule has 11 heteroatoms. The number of phenols is 1. The molecule has 1 fully saturated rings. The van der Waals surface area contributed by atoms with Gasteiger partial charge < -0.3 is 24.0 Å². The molecule has 0 amide bonds. The van der Waals surface area contributed by atoms with E-state index in [4.69, 9.17) is 9.47 Å². The predicted octanol–water partition coefficient (Wildman–Crippen LogP) is 5.04. The molecule has 1 atom stereocenters. The first-order valence-corrected chi connectivity index (χ1v) is 12.8. The molecule has 1 unspecified atom stereocenters. The first kappa shape index (κ1) is 27.0. The van der Waals surface area contributed by atoms with E-state index in [0.29, 0.717) is 25.3 Å². The number of hydrogen-bond acceptors (Lipinski definition) is 7. The Hall–Kier alpha value is -4.54. The fourth-order valence-electron chi connectivity index (χ4n) is 5.00. The zero-order chi connectivity index (χ0) is 28.6. The van der Waals surface area contributed by atoms with Crippen LogP contribution in [0.4, 0.5) is 18.9 Å². The monoisotopic (exact) mass is 553 g/mol. The van der Waals surface area contributed by atoms with Crippen LogP contribution in [0.1, 0.15) is 35.7 Å². The van der Waals surface area contributed by atoms with Crippen LogP contribution >= 0.6 is 0 Å². The summed E-state index contributed by atoms with van der Waals surface area (Å²) in [6.45, 7) is 3.74. The summed E-state index contributed by atoms with van der Waals surface area (Å²) in [6.07, 6.45) is 3.78. The maximum absolute atomic E-state index is 16.4. The molecule has 1 saturated heterocycles. The van der Waals surface area contributed by atoms with Gasteiger partial charge in [-0.1, -0.05) is 6.07 Å². The van der Waals surface area contributed by atoms with Crippen molar-refractivity contribution < 1.29 is 32.5 Å². The van der Waals surface area contributed by atoms with Crippen LogP contribution in [0.15, 0.2) is 53.6 Å². The van der Waals surface area contributed by atoms with E-state index < -0.39 is 57.0 Å². The second kappa shape index (κ2) is 10.9. The molecule has 1 N–H and O–H groups in total. The Morgan fingerprint density at radius 2 is 1.98 bits per heavy atom. The van der Waals surface area contributed by atoms with Crippen LogP contribution in [-0.4, -0.2) is 46.4 Å².